The molecule has 0 spiro atoms. The molecule has 13 heavy (non-hydrogen) atoms. The Morgan fingerprint density at radius 2 is 1.69 bits per heavy atom. The van der Waals surface area contributed by atoms with Gasteiger partial charge in [-0.05, 0) is 43.9 Å². The fourth-order valence-corrected chi connectivity index (χ4v) is 1.48. The first kappa shape index (κ1) is 12.0. The molecule has 0 aromatic heterocycles. The second-order valence-corrected chi connectivity index (χ2v) is 2.89. The lowest BCUT2D eigenvalue weighted by Gasteiger charge is -1.99. The van der Waals surface area contributed by atoms with E-state index < -0.39 is 0 Å². The molecule has 0 radical (unpaired) electrons. The summed E-state index contributed by atoms with van der Waals surface area (Å²) in [6.07, 6.45) is 5.25. The summed E-state index contributed by atoms with van der Waals surface area (Å²) < 4.78 is 0. The van der Waals surface area contributed by atoms with Crippen molar-refractivity contribution in [3.05, 3.63) is 34.6 Å². The number of hydrogen-bond donors (Lipinski definition) is 1. The summed E-state index contributed by atoms with van der Waals surface area (Å²) in [4.78, 5) is 0. The number of hydrogen-bond acceptors (Lipinski definition) is 1. The van der Waals surface area contributed by atoms with Gasteiger partial charge in [0.15, 0.2) is 0 Å². The highest BCUT2D eigenvalue weighted by Gasteiger charge is 2.16. The van der Waals surface area contributed by atoms with E-state index in [4.69, 9.17) is 5.73 Å². The molecule has 0 aliphatic heterocycles. The SMILES string of the molecule is C/C=C1/CC(C)=C(N)/C1=C/C.CC. The van der Waals surface area contributed by atoms with E-state index in [9.17, 15) is 0 Å². The van der Waals surface area contributed by atoms with Crippen LogP contribution in [0.5, 0.6) is 0 Å². The first-order valence-corrected chi connectivity index (χ1v) is 4.98. The van der Waals surface area contributed by atoms with Crippen molar-refractivity contribution in [2.45, 2.75) is 41.0 Å². The van der Waals surface area contributed by atoms with E-state index in [1.807, 2.05) is 20.8 Å². The van der Waals surface area contributed by atoms with Crippen LogP contribution < -0.4 is 5.73 Å². The van der Waals surface area contributed by atoms with Crippen molar-refractivity contribution >= 4 is 0 Å². The molecule has 0 fully saturated rings. The van der Waals surface area contributed by atoms with Crippen LogP contribution >= 0.6 is 0 Å². The van der Waals surface area contributed by atoms with E-state index in [1.54, 1.807) is 0 Å². The molecule has 0 saturated carbocycles. The average Bonchev–Trinajstić information content (AvgIpc) is 2.46. The van der Waals surface area contributed by atoms with Crippen LogP contribution in [0.25, 0.3) is 0 Å². The predicted molar refractivity (Wildman–Crippen MR) is 60.4 cm³/mol. The molecule has 2 N–H and O–H groups in total. The van der Waals surface area contributed by atoms with Crippen LogP contribution in [0, 0.1) is 0 Å². The Balaban J connectivity index is 0.000000671. The molecule has 0 aromatic rings. The van der Waals surface area contributed by atoms with Gasteiger partial charge in [-0.25, -0.2) is 0 Å². The molecule has 0 unspecified atom stereocenters. The van der Waals surface area contributed by atoms with Gasteiger partial charge in [-0.3, -0.25) is 0 Å². The number of nitrogens with two attached hydrogens (primary N) is 1. The standard InChI is InChI=1S/C10H15N.C2H6/c1-4-8-6-7(3)10(11)9(8)5-2;1-2/h4-5H,6,11H2,1-3H3;1-2H3/b8-4-,9-5+;. The van der Waals surface area contributed by atoms with Crippen molar-refractivity contribution in [2.24, 2.45) is 5.73 Å². The smallest absolute Gasteiger partial charge is 0.0379 e. The van der Waals surface area contributed by atoms with Gasteiger partial charge in [0.05, 0.1) is 0 Å². The van der Waals surface area contributed by atoms with Crippen LogP contribution in [-0.2, 0) is 0 Å². The highest BCUT2D eigenvalue weighted by atomic mass is 14.6. The number of rotatable bonds is 0. The van der Waals surface area contributed by atoms with Crippen LogP contribution in [0.15, 0.2) is 34.6 Å². The predicted octanol–water partition coefficient (Wildman–Crippen LogP) is 3.54. The summed E-state index contributed by atoms with van der Waals surface area (Å²) in [5.41, 5.74) is 10.7. The van der Waals surface area contributed by atoms with Crippen molar-refractivity contribution in [1.29, 1.82) is 0 Å². The molecule has 1 aliphatic carbocycles. The molecule has 0 saturated heterocycles. The van der Waals surface area contributed by atoms with E-state index in [2.05, 4.69) is 26.0 Å². The van der Waals surface area contributed by atoms with Crippen molar-refractivity contribution in [2.75, 3.05) is 0 Å². The van der Waals surface area contributed by atoms with Crippen molar-refractivity contribution < 1.29 is 0 Å². The molecule has 1 nitrogen and oxygen atoms in total. The monoisotopic (exact) mass is 179 g/mol. The topological polar surface area (TPSA) is 26.0 Å². The maximum atomic E-state index is 5.87. The Morgan fingerprint density at radius 1 is 1.15 bits per heavy atom. The zero-order valence-electron chi connectivity index (χ0n) is 9.44. The zero-order valence-corrected chi connectivity index (χ0v) is 9.44. The van der Waals surface area contributed by atoms with Gasteiger partial charge in [-0.2, -0.15) is 0 Å². The minimum Gasteiger partial charge on any atom is -0.398 e. The third-order valence-corrected chi connectivity index (χ3v) is 2.19. The lowest BCUT2D eigenvalue weighted by atomic mass is 10.1. The first-order valence-electron chi connectivity index (χ1n) is 4.98. The van der Waals surface area contributed by atoms with E-state index in [0.29, 0.717) is 0 Å². The Morgan fingerprint density at radius 3 is 2.00 bits per heavy atom. The third kappa shape index (κ3) is 2.48. The highest BCUT2D eigenvalue weighted by molar-refractivity contribution is 5.54. The quantitative estimate of drug-likeness (QED) is 0.604. The molecule has 1 rings (SSSR count). The second-order valence-electron chi connectivity index (χ2n) is 2.89. The lowest BCUT2D eigenvalue weighted by Crippen LogP contribution is -1.97. The minimum absolute atomic E-state index is 0.973. The van der Waals surface area contributed by atoms with E-state index in [0.717, 1.165) is 12.1 Å². The summed E-state index contributed by atoms with van der Waals surface area (Å²) in [7, 11) is 0. The second kappa shape index (κ2) is 5.63. The van der Waals surface area contributed by atoms with Gasteiger partial charge in [0, 0.05) is 5.70 Å². The Hall–Kier alpha value is -0.980. The minimum atomic E-state index is 0.973. The summed E-state index contributed by atoms with van der Waals surface area (Å²) in [6, 6.07) is 0. The summed E-state index contributed by atoms with van der Waals surface area (Å²) >= 11 is 0. The fraction of sp³-hybridized carbons (Fsp3) is 0.500. The van der Waals surface area contributed by atoms with Gasteiger partial charge in [0.1, 0.15) is 0 Å². The van der Waals surface area contributed by atoms with Crippen LogP contribution in [0.4, 0.5) is 0 Å². The molecule has 74 valence electrons. The lowest BCUT2D eigenvalue weighted by molar-refractivity contribution is 1.18. The summed E-state index contributed by atoms with van der Waals surface area (Å²) in [6.45, 7) is 10.2. The van der Waals surface area contributed by atoms with Crippen LogP contribution in [0.1, 0.15) is 41.0 Å². The van der Waals surface area contributed by atoms with Crippen LogP contribution in [0.3, 0.4) is 0 Å². The van der Waals surface area contributed by atoms with E-state index >= 15 is 0 Å². The van der Waals surface area contributed by atoms with E-state index in [1.165, 1.54) is 16.7 Å². The van der Waals surface area contributed by atoms with Crippen LogP contribution in [0.2, 0.25) is 0 Å². The maximum absolute atomic E-state index is 5.87. The molecule has 0 heterocycles. The third-order valence-electron chi connectivity index (χ3n) is 2.19. The molecular formula is C12H21N. The van der Waals surface area contributed by atoms with Gasteiger partial charge < -0.3 is 5.73 Å². The van der Waals surface area contributed by atoms with Crippen molar-refractivity contribution in [3.8, 4) is 0 Å². The molecule has 0 aromatic carbocycles. The molecule has 0 bridgehead atoms. The van der Waals surface area contributed by atoms with Gasteiger partial charge in [0.2, 0.25) is 0 Å². The Kier molecular flexibility index (Phi) is 5.20. The Bertz CT molecular complexity index is 254. The highest BCUT2D eigenvalue weighted by Crippen LogP contribution is 2.32. The molecule has 0 atom stereocenters. The fourth-order valence-electron chi connectivity index (χ4n) is 1.48. The molecule has 0 amide bonds. The number of allylic oxidation sites excluding steroid dienone is 4. The zero-order chi connectivity index (χ0) is 10.4. The summed E-state index contributed by atoms with van der Waals surface area (Å²) in [5.74, 6) is 0. The van der Waals surface area contributed by atoms with Gasteiger partial charge in [-0.1, -0.05) is 26.0 Å². The van der Waals surface area contributed by atoms with Crippen molar-refractivity contribution in [1.82, 2.24) is 0 Å². The van der Waals surface area contributed by atoms with Gasteiger partial charge >= 0.3 is 0 Å². The average molecular weight is 179 g/mol. The molecular weight excluding hydrogens is 158 g/mol. The van der Waals surface area contributed by atoms with Gasteiger partial charge in [0.25, 0.3) is 0 Å². The largest absolute Gasteiger partial charge is 0.398 e. The van der Waals surface area contributed by atoms with E-state index in [-0.39, 0.29) is 0 Å². The Labute approximate surface area is 82.0 Å². The molecule has 1 heteroatoms. The van der Waals surface area contributed by atoms with Crippen LogP contribution in [-0.4, -0.2) is 0 Å². The summed E-state index contributed by atoms with van der Waals surface area (Å²) in [5, 5.41) is 0. The normalized spacial score (nSPS) is 22.2. The first-order chi connectivity index (χ1) is 6.20. The maximum Gasteiger partial charge on any atom is 0.0379 e. The van der Waals surface area contributed by atoms with Gasteiger partial charge in [-0.15, -0.1) is 0 Å². The van der Waals surface area contributed by atoms with Crippen molar-refractivity contribution in [3.63, 3.8) is 0 Å². The molecule has 1 aliphatic rings.